The van der Waals surface area contributed by atoms with E-state index in [2.05, 4.69) is 0 Å². The number of benzene rings is 2. The van der Waals surface area contributed by atoms with Crippen molar-refractivity contribution in [2.24, 2.45) is 5.92 Å². The highest BCUT2D eigenvalue weighted by molar-refractivity contribution is 5.71. The zero-order valence-electron chi connectivity index (χ0n) is 13.6. The van der Waals surface area contributed by atoms with Gasteiger partial charge in [-0.05, 0) is 42.3 Å². The second kappa shape index (κ2) is 7.98. The second-order valence-corrected chi connectivity index (χ2v) is 5.89. The van der Waals surface area contributed by atoms with Crippen LogP contribution in [0, 0.1) is 11.7 Å². The minimum absolute atomic E-state index is 0.349. The summed E-state index contributed by atoms with van der Waals surface area (Å²) < 4.78 is 30.0. The molecule has 0 bridgehead atoms. The Balaban J connectivity index is 1.75. The summed E-state index contributed by atoms with van der Waals surface area (Å²) in [7, 11) is 0. The van der Waals surface area contributed by atoms with Gasteiger partial charge in [0.05, 0.1) is 13.2 Å². The van der Waals surface area contributed by atoms with E-state index in [1.807, 2.05) is 0 Å². The molecule has 1 saturated heterocycles. The molecule has 2 aromatic rings. The maximum Gasteiger partial charge on any atom is 0.341 e. The molecule has 1 atom stereocenters. The number of aliphatic carboxylic acids is 1. The molecule has 1 aliphatic rings. The van der Waals surface area contributed by atoms with Crippen LogP contribution in [0.4, 0.5) is 4.39 Å². The molecular formula is C19H19FO5. The molecule has 3 rings (SSSR count). The number of rotatable bonds is 7. The van der Waals surface area contributed by atoms with Crippen LogP contribution in [0.1, 0.15) is 6.42 Å². The van der Waals surface area contributed by atoms with Crippen LogP contribution in [-0.4, -0.2) is 37.5 Å². The first-order valence-electron chi connectivity index (χ1n) is 8.07. The van der Waals surface area contributed by atoms with Crippen LogP contribution in [0.15, 0.2) is 42.5 Å². The number of carboxylic acids is 1. The van der Waals surface area contributed by atoms with Crippen LogP contribution in [0.3, 0.4) is 0 Å². The summed E-state index contributed by atoms with van der Waals surface area (Å²) >= 11 is 0. The van der Waals surface area contributed by atoms with Gasteiger partial charge in [-0.1, -0.05) is 12.1 Å². The molecule has 25 heavy (non-hydrogen) atoms. The molecule has 0 radical (unpaired) electrons. The van der Waals surface area contributed by atoms with Gasteiger partial charge in [-0.25, -0.2) is 9.18 Å². The lowest BCUT2D eigenvalue weighted by molar-refractivity contribution is -0.139. The Morgan fingerprint density at radius 2 is 2.00 bits per heavy atom. The lowest BCUT2D eigenvalue weighted by Gasteiger charge is -2.15. The molecule has 5 nitrogen and oxygen atoms in total. The van der Waals surface area contributed by atoms with Crippen molar-refractivity contribution < 1.29 is 28.5 Å². The second-order valence-electron chi connectivity index (χ2n) is 5.89. The van der Waals surface area contributed by atoms with Gasteiger partial charge in [0, 0.05) is 18.1 Å². The van der Waals surface area contributed by atoms with Gasteiger partial charge in [0.1, 0.15) is 17.3 Å². The minimum Gasteiger partial charge on any atom is -0.493 e. The van der Waals surface area contributed by atoms with E-state index in [0.717, 1.165) is 18.6 Å². The van der Waals surface area contributed by atoms with Gasteiger partial charge in [-0.3, -0.25) is 0 Å². The first kappa shape index (κ1) is 17.2. The maximum atomic E-state index is 13.7. The van der Waals surface area contributed by atoms with Gasteiger partial charge >= 0.3 is 5.97 Å². The van der Waals surface area contributed by atoms with E-state index in [1.165, 1.54) is 12.1 Å². The van der Waals surface area contributed by atoms with E-state index in [4.69, 9.17) is 19.3 Å². The molecule has 1 fully saturated rings. The largest absolute Gasteiger partial charge is 0.493 e. The monoisotopic (exact) mass is 346 g/mol. The van der Waals surface area contributed by atoms with Crippen molar-refractivity contribution in [3.63, 3.8) is 0 Å². The molecule has 6 heteroatoms. The summed E-state index contributed by atoms with van der Waals surface area (Å²) in [5, 5.41) is 8.63. The van der Waals surface area contributed by atoms with E-state index in [9.17, 15) is 9.18 Å². The fourth-order valence-electron chi connectivity index (χ4n) is 2.65. The SMILES string of the molecule is O=C(O)COc1ccc(-c2cc(F)ccc2OCC2CCOC2)cc1. The van der Waals surface area contributed by atoms with Gasteiger partial charge in [0.2, 0.25) is 0 Å². The molecule has 0 aromatic heterocycles. The Bertz CT molecular complexity index is 723. The molecular weight excluding hydrogens is 327 g/mol. The molecule has 2 aromatic carbocycles. The molecule has 1 unspecified atom stereocenters. The van der Waals surface area contributed by atoms with E-state index < -0.39 is 12.6 Å². The molecule has 0 aliphatic carbocycles. The fraction of sp³-hybridized carbons (Fsp3) is 0.316. The van der Waals surface area contributed by atoms with Crippen molar-refractivity contribution in [1.29, 1.82) is 0 Å². The van der Waals surface area contributed by atoms with Gasteiger partial charge in [0.15, 0.2) is 6.61 Å². The molecule has 132 valence electrons. The summed E-state index contributed by atoms with van der Waals surface area (Å²) in [4.78, 5) is 10.5. The van der Waals surface area contributed by atoms with Crippen LogP contribution in [0.2, 0.25) is 0 Å². The predicted molar refractivity (Wildman–Crippen MR) is 89.4 cm³/mol. The number of carbonyl (C=O) groups is 1. The van der Waals surface area contributed by atoms with Crippen LogP contribution in [0.5, 0.6) is 11.5 Å². The minimum atomic E-state index is -1.04. The Labute approximate surface area is 144 Å². The molecule has 1 N–H and O–H groups in total. The number of halogens is 1. The summed E-state index contributed by atoms with van der Waals surface area (Å²) in [6.45, 7) is 1.56. The zero-order chi connectivity index (χ0) is 17.6. The molecule has 0 saturated carbocycles. The Morgan fingerprint density at radius 3 is 2.68 bits per heavy atom. The van der Waals surface area contributed by atoms with E-state index >= 15 is 0 Å². The standard InChI is InChI=1S/C19H19FO5/c20-15-3-6-18(25-11-13-7-8-23-10-13)17(9-15)14-1-4-16(5-2-14)24-12-19(21)22/h1-6,9,13H,7-8,10-12H2,(H,21,22). The number of ether oxygens (including phenoxy) is 3. The first-order chi connectivity index (χ1) is 12.1. The van der Waals surface area contributed by atoms with E-state index in [0.29, 0.717) is 36.2 Å². The van der Waals surface area contributed by atoms with E-state index in [1.54, 1.807) is 30.3 Å². The highest BCUT2D eigenvalue weighted by atomic mass is 19.1. The number of hydrogen-bond acceptors (Lipinski definition) is 4. The summed E-state index contributed by atoms with van der Waals surface area (Å²) in [6.07, 6.45) is 0.964. The molecule has 0 spiro atoms. The highest BCUT2D eigenvalue weighted by Crippen LogP contribution is 2.32. The van der Waals surface area contributed by atoms with Crippen molar-refractivity contribution in [3.05, 3.63) is 48.3 Å². The zero-order valence-corrected chi connectivity index (χ0v) is 13.6. The third-order valence-corrected chi connectivity index (χ3v) is 3.97. The average molecular weight is 346 g/mol. The lowest BCUT2D eigenvalue weighted by atomic mass is 10.0. The Hall–Kier alpha value is -2.60. The molecule has 1 aliphatic heterocycles. The third-order valence-electron chi connectivity index (χ3n) is 3.97. The number of carboxylic acid groups (broad SMARTS) is 1. The normalized spacial score (nSPS) is 16.6. The van der Waals surface area contributed by atoms with Crippen molar-refractivity contribution in [2.75, 3.05) is 26.4 Å². The number of hydrogen-bond donors (Lipinski definition) is 1. The van der Waals surface area contributed by atoms with Crippen molar-refractivity contribution >= 4 is 5.97 Å². The van der Waals surface area contributed by atoms with Gasteiger partial charge in [-0.2, -0.15) is 0 Å². The van der Waals surface area contributed by atoms with Crippen LogP contribution >= 0.6 is 0 Å². The fourth-order valence-corrected chi connectivity index (χ4v) is 2.65. The first-order valence-corrected chi connectivity index (χ1v) is 8.07. The Kier molecular flexibility index (Phi) is 5.50. The smallest absolute Gasteiger partial charge is 0.341 e. The molecule has 1 heterocycles. The average Bonchev–Trinajstić information content (AvgIpc) is 3.13. The van der Waals surface area contributed by atoms with Crippen molar-refractivity contribution in [1.82, 2.24) is 0 Å². The van der Waals surface area contributed by atoms with Crippen molar-refractivity contribution in [2.45, 2.75) is 6.42 Å². The summed E-state index contributed by atoms with van der Waals surface area (Å²) in [5.41, 5.74) is 1.41. The third kappa shape index (κ3) is 4.70. The van der Waals surface area contributed by atoms with E-state index in [-0.39, 0.29) is 5.82 Å². The Morgan fingerprint density at radius 1 is 1.20 bits per heavy atom. The van der Waals surface area contributed by atoms with Gasteiger partial charge in [-0.15, -0.1) is 0 Å². The summed E-state index contributed by atoms with van der Waals surface area (Å²) in [5.74, 6) is 0.00358. The lowest BCUT2D eigenvalue weighted by Crippen LogP contribution is -2.12. The predicted octanol–water partition coefficient (Wildman–Crippen LogP) is 3.37. The maximum absolute atomic E-state index is 13.7. The van der Waals surface area contributed by atoms with Crippen LogP contribution in [-0.2, 0) is 9.53 Å². The summed E-state index contributed by atoms with van der Waals surface area (Å²) in [6, 6.07) is 11.2. The van der Waals surface area contributed by atoms with Gasteiger partial charge < -0.3 is 19.3 Å². The molecule has 0 amide bonds. The van der Waals surface area contributed by atoms with Crippen LogP contribution in [0.25, 0.3) is 11.1 Å². The van der Waals surface area contributed by atoms with Gasteiger partial charge in [0.25, 0.3) is 0 Å². The highest BCUT2D eigenvalue weighted by Gasteiger charge is 2.17. The topological polar surface area (TPSA) is 65.0 Å². The van der Waals surface area contributed by atoms with Crippen LogP contribution < -0.4 is 9.47 Å². The van der Waals surface area contributed by atoms with Crippen molar-refractivity contribution in [3.8, 4) is 22.6 Å². The quantitative estimate of drug-likeness (QED) is 0.833.